The highest BCUT2D eigenvalue weighted by Crippen LogP contribution is 2.50. The molecule has 2 atom stereocenters. The standard InChI is InChI=1S/C17H18N2O3S/c20-16(13-11-12(13)15-4-2-10-23-15)18-5-7-19(8-6-18)17(21)14-3-1-9-22-14/h1-4,9-10,12-13H,5-8,11H2/t12-,13-/m0/s1. The molecule has 1 saturated carbocycles. The zero-order valence-corrected chi connectivity index (χ0v) is 13.5. The minimum atomic E-state index is -0.0926. The molecule has 0 unspecified atom stereocenters. The number of rotatable bonds is 3. The maximum atomic E-state index is 12.6. The maximum absolute atomic E-state index is 12.6. The smallest absolute Gasteiger partial charge is 0.289 e. The number of hydrogen-bond acceptors (Lipinski definition) is 4. The van der Waals surface area contributed by atoms with Gasteiger partial charge in [0.05, 0.1) is 6.26 Å². The van der Waals surface area contributed by atoms with Gasteiger partial charge in [0.15, 0.2) is 5.76 Å². The summed E-state index contributed by atoms with van der Waals surface area (Å²) in [4.78, 5) is 29.8. The number of amides is 2. The van der Waals surface area contributed by atoms with E-state index in [1.165, 1.54) is 11.1 Å². The number of thiophene rings is 1. The van der Waals surface area contributed by atoms with E-state index < -0.39 is 0 Å². The monoisotopic (exact) mass is 330 g/mol. The van der Waals surface area contributed by atoms with Crippen LogP contribution in [-0.4, -0.2) is 47.8 Å². The first kappa shape index (κ1) is 14.5. The van der Waals surface area contributed by atoms with Crippen molar-refractivity contribution in [2.24, 2.45) is 5.92 Å². The third kappa shape index (κ3) is 2.79. The molecule has 0 bridgehead atoms. The van der Waals surface area contributed by atoms with Gasteiger partial charge in [0, 0.05) is 42.9 Å². The van der Waals surface area contributed by atoms with Crippen LogP contribution < -0.4 is 0 Å². The molecule has 0 aromatic carbocycles. The van der Waals surface area contributed by atoms with Gasteiger partial charge in [-0.2, -0.15) is 0 Å². The molecule has 1 saturated heterocycles. The summed E-state index contributed by atoms with van der Waals surface area (Å²) in [7, 11) is 0. The van der Waals surface area contributed by atoms with Crippen LogP contribution in [0.5, 0.6) is 0 Å². The van der Waals surface area contributed by atoms with E-state index in [1.807, 2.05) is 11.0 Å². The van der Waals surface area contributed by atoms with E-state index in [0.29, 0.717) is 37.9 Å². The Labute approximate surface area is 138 Å². The molecule has 2 aromatic heterocycles. The Kier molecular flexibility index (Phi) is 3.69. The summed E-state index contributed by atoms with van der Waals surface area (Å²) in [6, 6.07) is 7.54. The molecule has 0 spiro atoms. The maximum Gasteiger partial charge on any atom is 0.289 e. The number of hydrogen-bond donors (Lipinski definition) is 0. The van der Waals surface area contributed by atoms with Crippen LogP contribution in [0.15, 0.2) is 40.3 Å². The van der Waals surface area contributed by atoms with Gasteiger partial charge in [-0.25, -0.2) is 0 Å². The zero-order valence-electron chi connectivity index (χ0n) is 12.7. The van der Waals surface area contributed by atoms with Crippen LogP contribution in [0.1, 0.15) is 27.8 Å². The van der Waals surface area contributed by atoms with E-state index in [9.17, 15) is 9.59 Å². The molecule has 2 amide bonds. The van der Waals surface area contributed by atoms with Gasteiger partial charge in [-0.3, -0.25) is 9.59 Å². The second-order valence-electron chi connectivity index (χ2n) is 6.06. The fraction of sp³-hybridized carbons (Fsp3) is 0.412. The molecule has 3 heterocycles. The van der Waals surface area contributed by atoms with Gasteiger partial charge in [-0.15, -0.1) is 11.3 Å². The Morgan fingerprint density at radius 3 is 2.52 bits per heavy atom. The van der Waals surface area contributed by atoms with Gasteiger partial charge in [0.25, 0.3) is 5.91 Å². The lowest BCUT2D eigenvalue weighted by molar-refractivity contribution is -0.134. The molecule has 1 aliphatic carbocycles. The van der Waals surface area contributed by atoms with Gasteiger partial charge in [-0.05, 0) is 30.0 Å². The van der Waals surface area contributed by atoms with E-state index in [-0.39, 0.29) is 17.7 Å². The van der Waals surface area contributed by atoms with Gasteiger partial charge >= 0.3 is 0 Å². The van der Waals surface area contributed by atoms with Gasteiger partial charge < -0.3 is 14.2 Å². The van der Waals surface area contributed by atoms with Crippen LogP contribution in [0.3, 0.4) is 0 Å². The SMILES string of the molecule is O=C(c1ccco1)N1CCN(C(=O)[C@H]2C[C@@H]2c2cccs2)CC1. The van der Waals surface area contributed by atoms with Crippen LogP contribution in [0.4, 0.5) is 0 Å². The molecule has 120 valence electrons. The molecule has 6 heteroatoms. The lowest BCUT2D eigenvalue weighted by Gasteiger charge is -2.34. The molecule has 0 N–H and O–H groups in total. The summed E-state index contributed by atoms with van der Waals surface area (Å²) in [5.74, 6) is 1.06. The van der Waals surface area contributed by atoms with Crippen molar-refractivity contribution in [2.45, 2.75) is 12.3 Å². The fourth-order valence-corrected chi connectivity index (χ4v) is 4.11. The van der Waals surface area contributed by atoms with E-state index in [1.54, 1.807) is 28.4 Å². The molecular formula is C17H18N2O3S. The summed E-state index contributed by atoms with van der Waals surface area (Å²) in [5, 5.41) is 2.06. The number of carbonyl (C=O) groups excluding carboxylic acids is 2. The number of carbonyl (C=O) groups is 2. The molecule has 1 aliphatic heterocycles. The Bertz CT molecular complexity index is 688. The van der Waals surface area contributed by atoms with Gasteiger partial charge in [-0.1, -0.05) is 6.07 Å². The predicted molar refractivity (Wildman–Crippen MR) is 86.4 cm³/mol. The lowest BCUT2D eigenvalue weighted by atomic mass is 10.2. The molecule has 0 radical (unpaired) electrons. The van der Waals surface area contributed by atoms with Crippen LogP contribution in [0, 0.1) is 5.92 Å². The summed E-state index contributed by atoms with van der Waals surface area (Å²) < 4.78 is 5.16. The summed E-state index contributed by atoms with van der Waals surface area (Å²) in [6.45, 7) is 2.36. The first-order valence-electron chi connectivity index (χ1n) is 7.89. The topological polar surface area (TPSA) is 53.8 Å². The molecule has 4 rings (SSSR count). The number of piperazine rings is 1. The summed E-state index contributed by atoms with van der Waals surface area (Å²) in [5.41, 5.74) is 0. The zero-order chi connectivity index (χ0) is 15.8. The normalized spacial score (nSPS) is 23.8. The minimum absolute atomic E-state index is 0.0926. The van der Waals surface area contributed by atoms with Crippen molar-refractivity contribution in [3.63, 3.8) is 0 Å². The molecule has 23 heavy (non-hydrogen) atoms. The second kappa shape index (κ2) is 5.85. The lowest BCUT2D eigenvalue weighted by Crippen LogP contribution is -2.51. The largest absolute Gasteiger partial charge is 0.459 e. The van der Waals surface area contributed by atoms with Crippen molar-refractivity contribution in [2.75, 3.05) is 26.2 Å². The fourth-order valence-electron chi connectivity index (χ4n) is 3.21. The molecule has 2 aliphatic rings. The average Bonchev–Trinajstić information content (AvgIpc) is 3.00. The molecule has 2 aromatic rings. The molecular weight excluding hydrogens is 312 g/mol. The van der Waals surface area contributed by atoms with Crippen LogP contribution in [0.2, 0.25) is 0 Å². The summed E-state index contributed by atoms with van der Waals surface area (Å²) >= 11 is 1.73. The van der Waals surface area contributed by atoms with Crippen molar-refractivity contribution in [3.8, 4) is 0 Å². The third-order valence-corrected chi connectivity index (χ3v) is 5.63. The van der Waals surface area contributed by atoms with Gasteiger partial charge in [0.1, 0.15) is 0 Å². The Balaban J connectivity index is 1.32. The van der Waals surface area contributed by atoms with E-state index in [2.05, 4.69) is 11.4 Å². The van der Waals surface area contributed by atoms with Crippen LogP contribution in [0.25, 0.3) is 0 Å². The first-order chi connectivity index (χ1) is 11.2. The highest BCUT2D eigenvalue weighted by Gasteiger charge is 2.46. The van der Waals surface area contributed by atoms with Crippen molar-refractivity contribution >= 4 is 23.2 Å². The van der Waals surface area contributed by atoms with Crippen molar-refractivity contribution in [1.29, 1.82) is 0 Å². The highest BCUT2D eigenvalue weighted by molar-refractivity contribution is 7.10. The van der Waals surface area contributed by atoms with E-state index in [4.69, 9.17) is 4.42 Å². The Hall–Kier alpha value is -2.08. The van der Waals surface area contributed by atoms with E-state index >= 15 is 0 Å². The van der Waals surface area contributed by atoms with E-state index in [0.717, 1.165) is 6.42 Å². The van der Waals surface area contributed by atoms with Crippen molar-refractivity contribution < 1.29 is 14.0 Å². The van der Waals surface area contributed by atoms with Crippen molar-refractivity contribution in [1.82, 2.24) is 9.80 Å². The number of nitrogens with zero attached hydrogens (tertiary/aromatic N) is 2. The molecule has 5 nitrogen and oxygen atoms in total. The third-order valence-electron chi connectivity index (χ3n) is 4.63. The minimum Gasteiger partial charge on any atom is -0.459 e. The summed E-state index contributed by atoms with van der Waals surface area (Å²) in [6.07, 6.45) is 2.47. The van der Waals surface area contributed by atoms with Crippen LogP contribution >= 0.6 is 11.3 Å². The second-order valence-corrected chi connectivity index (χ2v) is 7.04. The quantitative estimate of drug-likeness (QED) is 0.868. The van der Waals surface area contributed by atoms with Crippen LogP contribution in [-0.2, 0) is 4.79 Å². The van der Waals surface area contributed by atoms with Crippen molar-refractivity contribution in [3.05, 3.63) is 46.5 Å². The number of furan rings is 1. The highest BCUT2D eigenvalue weighted by atomic mass is 32.1. The average molecular weight is 330 g/mol. The first-order valence-corrected chi connectivity index (χ1v) is 8.77. The molecule has 2 fully saturated rings. The van der Waals surface area contributed by atoms with Gasteiger partial charge in [0.2, 0.25) is 5.91 Å². The Morgan fingerprint density at radius 2 is 1.87 bits per heavy atom. The Morgan fingerprint density at radius 1 is 1.09 bits per heavy atom. The predicted octanol–water partition coefficient (Wildman–Crippen LogP) is 2.43.